The maximum atomic E-state index is 6.27. The summed E-state index contributed by atoms with van der Waals surface area (Å²) in [7, 11) is 2.25. The van der Waals surface area contributed by atoms with E-state index in [0.717, 1.165) is 25.0 Å². The summed E-state index contributed by atoms with van der Waals surface area (Å²) in [5.74, 6) is 2.30. The molecule has 18 heavy (non-hydrogen) atoms. The lowest BCUT2D eigenvalue weighted by atomic mass is 9.79. The topological polar surface area (TPSA) is 38.5 Å². The Hall–Kier alpha value is -0.120. The van der Waals surface area contributed by atoms with E-state index in [1.54, 1.807) is 0 Å². The van der Waals surface area contributed by atoms with Crippen LogP contribution in [0.25, 0.3) is 0 Å². The van der Waals surface area contributed by atoms with Crippen molar-refractivity contribution in [1.82, 2.24) is 4.90 Å². The Kier molecular flexibility index (Phi) is 5.46. The van der Waals surface area contributed by atoms with Gasteiger partial charge in [-0.2, -0.15) is 0 Å². The molecule has 4 atom stereocenters. The standard InChI is InChI=1S/C15H30N2O/c1-12-5-6-15(16)14(8-12)10-17(2)9-13-4-3-7-18-11-13/h12-15H,3-11,16H2,1-2H3. The summed E-state index contributed by atoms with van der Waals surface area (Å²) in [6, 6.07) is 0.422. The van der Waals surface area contributed by atoms with Crippen LogP contribution in [0.2, 0.25) is 0 Å². The van der Waals surface area contributed by atoms with Gasteiger partial charge in [0, 0.05) is 25.7 Å². The minimum atomic E-state index is 0.422. The van der Waals surface area contributed by atoms with Crippen molar-refractivity contribution in [3.63, 3.8) is 0 Å². The summed E-state index contributed by atoms with van der Waals surface area (Å²) >= 11 is 0. The van der Waals surface area contributed by atoms with Gasteiger partial charge in [0.2, 0.25) is 0 Å². The van der Waals surface area contributed by atoms with Gasteiger partial charge in [-0.1, -0.05) is 6.92 Å². The molecule has 0 aromatic rings. The van der Waals surface area contributed by atoms with Crippen LogP contribution in [0, 0.1) is 17.8 Å². The Morgan fingerprint density at radius 1 is 1.22 bits per heavy atom. The molecular formula is C15H30N2O. The molecule has 2 rings (SSSR count). The van der Waals surface area contributed by atoms with Crippen LogP contribution >= 0.6 is 0 Å². The van der Waals surface area contributed by atoms with Gasteiger partial charge >= 0.3 is 0 Å². The Balaban J connectivity index is 1.73. The molecule has 3 heteroatoms. The third-order valence-electron chi connectivity index (χ3n) is 4.67. The largest absolute Gasteiger partial charge is 0.381 e. The van der Waals surface area contributed by atoms with E-state index in [-0.39, 0.29) is 0 Å². The van der Waals surface area contributed by atoms with Crippen molar-refractivity contribution in [2.45, 2.75) is 45.1 Å². The van der Waals surface area contributed by atoms with Crippen molar-refractivity contribution >= 4 is 0 Å². The molecule has 0 amide bonds. The van der Waals surface area contributed by atoms with E-state index in [0.29, 0.717) is 12.0 Å². The summed E-state index contributed by atoms with van der Waals surface area (Å²) in [5, 5.41) is 0. The lowest BCUT2D eigenvalue weighted by molar-refractivity contribution is 0.0380. The van der Waals surface area contributed by atoms with Crippen molar-refractivity contribution in [1.29, 1.82) is 0 Å². The second-order valence-corrected chi connectivity index (χ2v) is 6.65. The van der Waals surface area contributed by atoms with Crippen LogP contribution < -0.4 is 5.73 Å². The maximum Gasteiger partial charge on any atom is 0.0506 e. The quantitative estimate of drug-likeness (QED) is 0.835. The minimum Gasteiger partial charge on any atom is -0.381 e. The van der Waals surface area contributed by atoms with Crippen LogP contribution in [0.3, 0.4) is 0 Å². The first kappa shape index (κ1) is 14.3. The van der Waals surface area contributed by atoms with Crippen LogP contribution in [0.4, 0.5) is 0 Å². The van der Waals surface area contributed by atoms with Crippen molar-refractivity contribution in [2.75, 3.05) is 33.4 Å². The SMILES string of the molecule is CC1CCC(N)C(CN(C)CC2CCCOC2)C1. The van der Waals surface area contributed by atoms with Crippen LogP contribution in [0.15, 0.2) is 0 Å². The number of hydrogen-bond acceptors (Lipinski definition) is 3. The van der Waals surface area contributed by atoms with Crippen LogP contribution in [-0.4, -0.2) is 44.3 Å². The van der Waals surface area contributed by atoms with E-state index < -0.39 is 0 Å². The average Bonchev–Trinajstić information content (AvgIpc) is 2.35. The predicted octanol–water partition coefficient (Wildman–Crippen LogP) is 2.11. The molecule has 0 bridgehead atoms. The van der Waals surface area contributed by atoms with Crippen molar-refractivity contribution in [3.8, 4) is 0 Å². The minimum absolute atomic E-state index is 0.422. The normalized spacial score (nSPS) is 38.0. The zero-order valence-electron chi connectivity index (χ0n) is 12.1. The molecule has 1 aliphatic heterocycles. The first-order chi connectivity index (χ1) is 8.65. The number of hydrogen-bond donors (Lipinski definition) is 1. The molecule has 0 aromatic heterocycles. The fourth-order valence-corrected chi connectivity index (χ4v) is 3.60. The highest BCUT2D eigenvalue weighted by Gasteiger charge is 2.27. The molecule has 4 unspecified atom stereocenters. The molecule has 0 radical (unpaired) electrons. The van der Waals surface area contributed by atoms with Gasteiger partial charge in [-0.3, -0.25) is 0 Å². The smallest absolute Gasteiger partial charge is 0.0506 e. The van der Waals surface area contributed by atoms with Crippen molar-refractivity contribution < 1.29 is 4.74 Å². The Morgan fingerprint density at radius 3 is 2.78 bits per heavy atom. The summed E-state index contributed by atoms with van der Waals surface area (Å²) in [6.07, 6.45) is 6.41. The summed E-state index contributed by atoms with van der Waals surface area (Å²) in [6.45, 7) is 6.64. The second kappa shape index (κ2) is 6.88. The van der Waals surface area contributed by atoms with E-state index in [9.17, 15) is 0 Å². The van der Waals surface area contributed by atoms with E-state index >= 15 is 0 Å². The number of nitrogens with two attached hydrogens (primary N) is 1. The summed E-state index contributed by atoms with van der Waals surface area (Å²) in [4.78, 5) is 2.49. The van der Waals surface area contributed by atoms with Crippen LogP contribution in [0.1, 0.15) is 39.0 Å². The summed E-state index contributed by atoms with van der Waals surface area (Å²) < 4.78 is 5.56. The lowest BCUT2D eigenvalue weighted by Crippen LogP contribution is -2.43. The molecule has 106 valence electrons. The fourth-order valence-electron chi connectivity index (χ4n) is 3.60. The molecular weight excluding hydrogens is 224 g/mol. The highest BCUT2D eigenvalue weighted by Crippen LogP contribution is 2.28. The van der Waals surface area contributed by atoms with E-state index in [4.69, 9.17) is 10.5 Å². The van der Waals surface area contributed by atoms with Crippen LogP contribution in [-0.2, 0) is 4.74 Å². The van der Waals surface area contributed by atoms with E-state index in [1.807, 2.05) is 0 Å². The van der Waals surface area contributed by atoms with Crippen molar-refractivity contribution in [2.24, 2.45) is 23.5 Å². The summed E-state index contributed by atoms with van der Waals surface area (Å²) in [5.41, 5.74) is 6.27. The van der Waals surface area contributed by atoms with Gasteiger partial charge < -0.3 is 15.4 Å². The number of nitrogens with zero attached hydrogens (tertiary/aromatic N) is 1. The van der Waals surface area contributed by atoms with Gasteiger partial charge in [0.1, 0.15) is 0 Å². The Morgan fingerprint density at radius 2 is 2.06 bits per heavy atom. The van der Waals surface area contributed by atoms with Gasteiger partial charge in [-0.05, 0) is 56.9 Å². The molecule has 0 aromatic carbocycles. The molecule has 0 spiro atoms. The first-order valence-electron chi connectivity index (χ1n) is 7.67. The van der Waals surface area contributed by atoms with Crippen molar-refractivity contribution in [3.05, 3.63) is 0 Å². The lowest BCUT2D eigenvalue weighted by Gasteiger charge is -2.36. The molecule has 1 saturated carbocycles. The first-order valence-corrected chi connectivity index (χ1v) is 7.67. The molecule has 3 nitrogen and oxygen atoms in total. The van der Waals surface area contributed by atoms with Gasteiger partial charge in [0.25, 0.3) is 0 Å². The Bertz CT molecular complexity index is 241. The van der Waals surface area contributed by atoms with Gasteiger partial charge in [0.05, 0.1) is 6.61 Å². The van der Waals surface area contributed by atoms with Gasteiger partial charge in [-0.25, -0.2) is 0 Å². The molecule has 1 aliphatic carbocycles. The monoisotopic (exact) mass is 254 g/mol. The molecule has 2 fully saturated rings. The molecule has 1 heterocycles. The fraction of sp³-hybridized carbons (Fsp3) is 1.00. The van der Waals surface area contributed by atoms with Gasteiger partial charge in [0.15, 0.2) is 0 Å². The highest BCUT2D eigenvalue weighted by atomic mass is 16.5. The second-order valence-electron chi connectivity index (χ2n) is 6.65. The van der Waals surface area contributed by atoms with E-state index in [1.165, 1.54) is 45.2 Å². The van der Waals surface area contributed by atoms with Crippen LogP contribution in [0.5, 0.6) is 0 Å². The third kappa shape index (κ3) is 4.22. The van der Waals surface area contributed by atoms with Gasteiger partial charge in [-0.15, -0.1) is 0 Å². The molecule has 2 N–H and O–H groups in total. The average molecular weight is 254 g/mol. The number of ether oxygens (including phenoxy) is 1. The Labute approximate surface area is 112 Å². The zero-order chi connectivity index (χ0) is 13.0. The predicted molar refractivity (Wildman–Crippen MR) is 75.5 cm³/mol. The maximum absolute atomic E-state index is 6.27. The highest BCUT2D eigenvalue weighted by molar-refractivity contribution is 4.83. The molecule has 2 aliphatic rings. The molecule has 1 saturated heterocycles. The third-order valence-corrected chi connectivity index (χ3v) is 4.67. The zero-order valence-corrected chi connectivity index (χ0v) is 12.1. The number of rotatable bonds is 4. The van der Waals surface area contributed by atoms with E-state index in [2.05, 4.69) is 18.9 Å².